The molecule has 0 aromatic carbocycles. The molecule has 0 unspecified atom stereocenters. The smallest absolute Gasteiger partial charge is 0.384 e. The topological polar surface area (TPSA) is 85.4 Å². The lowest BCUT2D eigenvalue weighted by molar-refractivity contribution is -0.138. The molecule has 1 aromatic heterocycles. The van der Waals surface area contributed by atoms with Gasteiger partial charge in [-0.05, 0) is 26.0 Å². The number of hydrogen-bond donors (Lipinski definition) is 1. The van der Waals surface area contributed by atoms with E-state index in [2.05, 4.69) is 4.98 Å². The maximum absolute atomic E-state index is 12.4. The molecule has 0 atom stereocenters. The van der Waals surface area contributed by atoms with Crippen LogP contribution in [-0.4, -0.2) is 33.0 Å². The first-order valence-electron chi connectivity index (χ1n) is 5.99. The second-order valence-corrected chi connectivity index (χ2v) is 6.76. The van der Waals surface area contributed by atoms with Crippen LogP contribution in [0.4, 0.5) is 13.2 Å². The third kappa shape index (κ3) is 4.41. The Labute approximate surface area is 125 Å². The number of nitrogens with zero attached hydrogens (tertiary/aromatic N) is 1. The molecular weight excluding hydrogens is 325 g/mol. The van der Waals surface area contributed by atoms with Gasteiger partial charge in [0.1, 0.15) is 0 Å². The van der Waals surface area contributed by atoms with Crippen LogP contribution in [0.2, 0.25) is 0 Å². The van der Waals surface area contributed by atoms with E-state index in [1.54, 1.807) is 4.72 Å². The van der Waals surface area contributed by atoms with Crippen molar-refractivity contribution in [3.63, 3.8) is 0 Å². The third-order valence-corrected chi connectivity index (χ3v) is 3.93. The molecule has 0 bridgehead atoms. The lowest BCUT2D eigenvalue weighted by atomic mass is 9.94. The Morgan fingerprint density at radius 2 is 1.91 bits per heavy atom. The molecule has 6 nitrogen and oxygen atoms in total. The molecule has 0 spiro atoms. The predicted octanol–water partition coefficient (Wildman–Crippen LogP) is 1.58. The number of ether oxygens (including phenoxy) is 1. The fourth-order valence-corrected chi connectivity index (χ4v) is 2.51. The fraction of sp³-hybridized carbons (Fsp3) is 0.500. The number of amides is 1. The van der Waals surface area contributed by atoms with Crippen LogP contribution in [0, 0.1) is 5.41 Å². The van der Waals surface area contributed by atoms with Crippen molar-refractivity contribution in [2.75, 3.05) is 13.7 Å². The fourth-order valence-electron chi connectivity index (χ4n) is 1.45. The van der Waals surface area contributed by atoms with E-state index in [0.717, 1.165) is 0 Å². The highest BCUT2D eigenvalue weighted by Crippen LogP contribution is 2.28. The van der Waals surface area contributed by atoms with E-state index in [0.29, 0.717) is 18.3 Å². The van der Waals surface area contributed by atoms with E-state index in [9.17, 15) is 26.4 Å². The molecule has 1 amide bonds. The van der Waals surface area contributed by atoms with Crippen molar-refractivity contribution in [2.24, 2.45) is 5.41 Å². The van der Waals surface area contributed by atoms with Gasteiger partial charge in [0, 0.05) is 13.3 Å². The molecule has 0 radical (unpaired) electrons. The van der Waals surface area contributed by atoms with Gasteiger partial charge in [0.05, 0.1) is 17.6 Å². The maximum Gasteiger partial charge on any atom is 0.417 e. The molecule has 1 rings (SSSR count). The van der Waals surface area contributed by atoms with Gasteiger partial charge in [-0.15, -0.1) is 0 Å². The normalized spacial score (nSPS) is 13.0. The lowest BCUT2D eigenvalue weighted by Crippen LogP contribution is -2.42. The van der Waals surface area contributed by atoms with Gasteiger partial charge in [0.25, 0.3) is 10.0 Å². The van der Waals surface area contributed by atoms with Gasteiger partial charge < -0.3 is 4.74 Å². The van der Waals surface area contributed by atoms with Crippen molar-refractivity contribution < 1.29 is 31.1 Å². The van der Waals surface area contributed by atoms with E-state index in [-0.39, 0.29) is 6.61 Å². The van der Waals surface area contributed by atoms with Crippen molar-refractivity contribution in [2.45, 2.75) is 25.0 Å². The van der Waals surface area contributed by atoms with Crippen LogP contribution in [0.15, 0.2) is 23.4 Å². The number of halogens is 3. The largest absolute Gasteiger partial charge is 0.417 e. The number of pyridine rings is 1. The summed E-state index contributed by atoms with van der Waals surface area (Å²) < 4.78 is 67.6. The first-order valence-corrected chi connectivity index (χ1v) is 7.48. The van der Waals surface area contributed by atoms with E-state index in [1.807, 2.05) is 0 Å². The van der Waals surface area contributed by atoms with Crippen LogP contribution in [0.25, 0.3) is 0 Å². The SMILES string of the molecule is COCC(C)(C)C(=O)NS(=O)(=O)c1ccc(C(F)(F)F)cn1. The van der Waals surface area contributed by atoms with Crippen LogP contribution in [0.3, 0.4) is 0 Å². The Morgan fingerprint density at radius 3 is 2.32 bits per heavy atom. The zero-order valence-electron chi connectivity index (χ0n) is 12.1. The quantitative estimate of drug-likeness (QED) is 0.879. The number of hydrogen-bond acceptors (Lipinski definition) is 5. The number of nitrogens with one attached hydrogen (secondary N) is 1. The molecular formula is C12H15F3N2O4S. The van der Waals surface area contributed by atoms with Gasteiger partial charge in [0.2, 0.25) is 5.91 Å². The molecule has 0 aliphatic carbocycles. The van der Waals surface area contributed by atoms with Crippen LogP contribution in [-0.2, 0) is 25.7 Å². The highest BCUT2D eigenvalue weighted by molar-refractivity contribution is 7.90. The molecule has 0 saturated heterocycles. The summed E-state index contributed by atoms with van der Waals surface area (Å²) in [7, 11) is -3.01. The Hall–Kier alpha value is -1.68. The molecule has 0 aliphatic heterocycles. The number of aromatic nitrogens is 1. The number of rotatable bonds is 5. The lowest BCUT2D eigenvalue weighted by Gasteiger charge is -2.22. The molecule has 1 N–H and O–H groups in total. The zero-order chi connectivity index (χ0) is 17.2. The third-order valence-electron chi connectivity index (χ3n) is 2.69. The number of alkyl halides is 3. The summed E-state index contributed by atoms with van der Waals surface area (Å²) in [4.78, 5) is 15.1. The van der Waals surface area contributed by atoms with E-state index < -0.39 is 38.1 Å². The number of sulfonamides is 1. The van der Waals surface area contributed by atoms with Crippen molar-refractivity contribution in [1.82, 2.24) is 9.71 Å². The van der Waals surface area contributed by atoms with Crippen molar-refractivity contribution in [3.05, 3.63) is 23.9 Å². The molecule has 1 aromatic rings. The van der Waals surface area contributed by atoms with E-state index in [1.165, 1.54) is 21.0 Å². The summed E-state index contributed by atoms with van der Waals surface area (Å²) in [5.74, 6) is -0.851. The molecule has 0 saturated carbocycles. The molecule has 22 heavy (non-hydrogen) atoms. The summed E-state index contributed by atoms with van der Waals surface area (Å²) in [6.45, 7) is 2.89. The second-order valence-electron chi connectivity index (χ2n) is 5.13. The van der Waals surface area contributed by atoms with E-state index >= 15 is 0 Å². The summed E-state index contributed by atoms with van der Waals surface area (Å²) in [6, 6.07) is 1.26. The van der Waals surface area contributed by atoms with E-state index in [4.69, 9.17) is 4.74 Å². The van der Waals surface area contributed by atoms with Gasteiger partial charge >= 0.3 is 6.18 Å². The standard InChI is InChI=1S/C12H15F3N2O4S/c1-11(2,7-21-3)10(18)17-22(19,20)9-5-4-8(6-16-9)12(13,14)15/h4-6H,7H2,1-3H3,(H,17,18). The number of methoxy groups -OCH3 is 1. The van der Waals surface area contributed by atoms with Crippen LogP contribution >= 0.6 is 0 Å². The summed E-state index contributed by atoms with van der Waals surface area (Å²) in [6.07, 6.45) is -4.24. The second kappa shape index (κ2) is 6.21. The van der Waals surface area contributed by atoms with Gasteiger partial charge in [-0.2, -0.15) is 21.6 Å². The minimum absolute atomic E-state index is 0.0329. The Morgan fingerprint density at radius 1 is 1.32 bits per heavy atom. The average molecular weight is 340 g/mol. The Kier molecular flexibility index (Phi) is 5.18. The van der Waals surface area contributed by atoms with Crippen molar-refractivity contribution in [3.8, 4) is 0 Å². The van der Waals surface area contributed by atoms with Crippen molar-refractivity contribution in [1.29, 1.82) is 0 Å². The Balaban J connectivity index is 2.98. The first kappa shape index (κ1) is 18.4. The van der Waals surface area contributed by atoms with Gasteiger partial charge in [-0.3, -0.25) is 4.79 Å². The van der Waals surface area contributed by atoms with Crippen LogP contribution < -0.4 is 4.72 Å². The minimum Gasteiger partial charge on any atom is -0.384 e. The molecule has 0 fully saturated rings. The molecule has 1 heterocycles. The maximum atomic E-state index is 12.4. The van der Waals surface area contributed by atoms with Crippen LogP contribution in [0.5, 0.6) is 0 Å². The summed E-state index contributed by atoms with van der Waals surface area (Å²) in [5.41, 5.74) is -2.22. The van der Waals surface area contributed by atoms with Gasteiger partial charge in [-0.25, -0.2) is 9.71 Å². The predicted molar refractivity (Wildman–Crippen MR) is 70.2 cm³/mol. The Bertz CT molecular complexity index is 639. The van der Waals surface area contributed by atoms with Crippen LogP contribution in [0.1, 0.15) is 19.4 Å². The number of carbonyl (C=O) groups excluding carboxylic acids is 1. The van der Waals surface area contributed by atoms with Crippen molar-refractivity contribution >= 4 is 15.9 Å². The zero-order valence-corrected chi connectivity index (χ0v) is 12.9. The highest BCUT2D eigenvalue weighted by atomic mass is 32.2. The molecule has 10 heteroatoms. The first-order chi connectivity index (χ1) is 9.90. The van der Waals surface area contributed by atoms with Gasteiger partial charge in [0.15, 0.2) is 5.03 Å². The molecule has 0 aliphatic rings. The molecule has 124 valence electrons. The summed E-state index contributed by atoms with van der Waals surface area (Å²) >= 11 is 0. The summed E-state index contributed by atoms with van der Waals surface area (Å²) in [5, 5.41) is -0.679. The minimum atomic E-state index is -4.63. The monoisotopic (exact) mass is 340 g/mol. The highest BCUT2D eigenvalue weighted by Gasteiger charge is 2.34. The number of carbonyl (C=O) groups is 1. The average Bonchev–Trinajstić information content (AvgIpc) is 2.37. The van der Waals surface area contributed by atoms with Gasteiger partial charge in [-0.1, -0.05) is 0 Å².